The van der Waals surface area contributed by atoms with Gasteiger partial charge < -0.3 is 0 Å². The Bertz CT molecular complexity index is 989. The summed E-state index contributed by atoms with van der Waals surface area (Å²) in [4.78, 5) is 20.2. The Morgan fingerprint density at radius 1 is 0.773 bits per heavy atom. The predicted molar refractivity (Wildman–Crippen MR) is 92.4 cm³/mol. The smallest absolute Gasteiger partial charge is 0.265 e. The molecule has 3 aromatic heterocycles. The molecule has 0 aliphatic heterocycles. The highest BCUT2D eigenvalue weighted by atomic mass is 32.2. The number of benzene rings is 1. The summed E-state index contributed by atoms with van der Waals surface area (Å²) in [5, 5.41) is 0. The van der Waals surface area contributed by atoms with Gasteiger partial charge in [0.05, 0.1) is 11.4 Å². The van der Waals surface area contributed by atoms with Crippen molar-refractivity contribution < 1.29 is 0 Å². The van der Waals surface area contributed by atoms with E-state index in [0.717, 1.165) is 31.9 Å². The van der Waals surface area contributed by atoms with Crippen LogP contribution < -0.4 is 4.06 Å². The van der Waals surface area contributed by atoms with Crippen molar-refractivity contribution in [1.82, 2.24) is 9.97 Å². The van der Waals surface area contributed by atoms with Gasteiger partial charge in [0.2, 0.25) is 0 Å². The summed E-state index contributed by atoms with van der Waals surface area (Å²) in [6.45, 7) is 0. The van der Waals surface area contributed by atoms with Crippen molar-refractivity contribution in [3.05, 3.63) is 69.8 Å². The fourth-order valence-electron chi connectivity index (χ4n) is 2.28. The SMILES string of the molecule is O=c1sc2ccc(-c3ccc(-c4ccccn4)nc3)cc2s1. The molecule has 0 fully saturated rings. The largest absolute Gasteiger partial charge is 0.288 e. The van der Waals surface area contributed by atoms with Gasteiger partial charge in [0, 0.05) is 27.4 Å². The number of pyridine rings is 2. The maximum atomic E-state index is 11.5. The van der Waals surface area contributed by atoms with Crippen molar-refractivity contribution in [3.63, 3.8) is 0 Å². The highest BCUT2D eigenvalue weighted by molar-refractivity contribution is 7.35. The fourth-order valence-corrected chi connectivity index (χ4v) is 4.25. The summed E-state index contributed by atoms with van der Waals surface area (Å²) in [7, 11) is 0. The van der Waals surface area contributed by atoms with E-state index >= 15 is 0 Å². The van der Waals surface area contributed by atoms with Crippen LogP contribution in [0, 0.1) is 0 Å². The molecule has 3 heterocycles. The van der Waals surface area contributed by atoms with Crippen molar-refractivity contribution in [2.45, 2.75) is 0 Å². The molecule has 0 aliphatic carbocycles. The van der Waals surface area contributed by atoms with E-state index in [9.17, 15) is 4.79 Å². The molecule has 0 atom stereocenters. The highest BCUT2D eigenvalue weighted by Gasteiger charge is 2.05. The van der Waals surface area contributed by atoms with Crippen molar-refractivity contribution in [1.29, 1.82) is 0 Å². The molecular formula is C17H10N2OS2. The molecule has 0 spiro atoms. The van der Waals surface area contributed by atoms with E-state index in [2.05, 4.69) is 16.0 Å². The minimum absolute atomic E-state index is 0.135. The summed E-state index contributed by atoms with van der Waals surface area (Å²) in [5.74, 6) is 0. The third-order valence-electron chi connectivity index (χ3n) is 3.35. The van der Waals surface area contributed by atoms with Crippen LogP contribution >= 0.6 is 22.7 Å². The Balaban J connectivity index is 1.74. The van der Waals surface area contributed by atoms with E-state index in [1.165, 1.54) is 22.7 Å². The second-order valence-corrected chi connectivity index (χ2v) is 7.05. The molecule has 0 saturated heterocycles. The zero-order chi connectivity index (χ0) is 14.9. The highest BCUT2D eigenvalue weighted by Crippen LogP contribution is 2.28. The zero-order valence-electron chi connectivity index (χ0n) is 11.4. The maximum Gasteiger partial charge on any atom is 0.288 e. The Morgan fingerprint density at radius 3 is 2.36 bits per heavy atom. The lowest BCUT2D eigenvalue weighted by Gasteiger charge is -2.03. The number of fused-ring (bicyclic) bond motifs is 1. The molecule has 1 aromatic carbocycles. The summed E-state index contributed by atoms with van der Waals surface area (Å²) in [6.07, 6.45) is 3.61. The first-order chi connectivity index (χ1) is 10.8. The molecule has 0 bridgehead atoms. The topological polar surface area (TPSA) is 42.9 Å². The van der Waals surface area contributed by atoms with Crippen molar-refractivity contribution in [3.8, 4) is 22.5 Å². The van der Waals surface area contributed by atoms with Crippen molar-refractivity contribution in [2.75, 3.05) is 0 Å². The second-order valence-electron chi connectivity index (χ2n) is 4.76. The molecule has 5 heteroatoms. The Labute approximate surface area is 134 Å². The molecular weight excluding hydrogens is 312 g/mol. The van der Waals surface area contributed by atoms with Crippen LogP contribution in [0.2, 0.25) is 0 Å². The van der Waals surface area contributed by atoms with E-state index in [-0.39, 0.29) is 4.06 Å². The lowest BCUT2D eigenvalue weighted by molar-refractivity contribution is 1.25. The molecule has 0 unspecified atom stereocenters. The molecule has 0 amide bonds. The van der Waals surface area contributed by atoms with Gasteiger partial charge in [-0.25, -0.2) is 0 Å². The summed E-state index contributed by atoms with van der Waals surface area (Å²) >= 11 is 2.59. The number of hydrogen-bond donors (Lipinski definition) is 0. The van der Waals surface area contributed by atoms with Crippen molar-refractivity contribution in [2.24, 2.45) is 0 Å². The molecule has 106 valence electrons. The van der Waals surface area contributed by atoms with Gasteiger partial charge in [-0.15, -0.1) is 0 Å². The monoisotopic (exact) mass is 322 g/mol. The predicted octanol–water partition coefficient (Wildman–Crippen LogP) is 4.45. The van der Waals surface area contributed by atoms with Crippen LogP contribution in [0.4, 0.5) is 0 Å². The number of rotatable bonds is 2. The molecule has 3 nitrogen and oxygen atoms in total. The quantitative estimate of drug-likeness (QED) is 0.548. The first kappa shape index (κ1) is 13.3. The molecule has 0 N–H and O–H groups in total. The summed E-state index contributed by atoms with van der Waals surface area (Å²) < 4.78 is 2.20. The van der Waals surface area contributed by atoms with E-state index < -0.39 is 0 Å². The average Bonchev–Trinajstić information content (AvgIpc) is 2.95. The van der Waals surface area contributed by atoms with E-state index in [0.29, 0.717) is 0 Å². The minimum Gasteiger partial charge on any atom is -0.265 e. The van der Waals surface area contributed by atoms with Crippen LogP contribution in [0.25, 0.3) is 31.9 Å². The Kier molecular flexibility index (Phi) is 3.29. The fraction of sp³-hybridized carbons (Fsp3) is 0. The maximum absolute atomic E-state index is 11.5. The molecule has 22 heavy (non-hydrogen) atoms. The van der Waals surface area contributed by atoms with Gasteiger partial charge in [0.25, 0.3) is 4.06 Å². The van der Waals surface area contributed by atoms with Crippen LogP contribution in [0.5, 0.6) is 0 Å². The Hall–Kier alpha value is -2.37. The summed E-state index contributed by atoms with van der Waals surface area (Å²) in [5.41, 5.74) is 3.82. The lowest BCUT2D eigenvalue weighted by atomic mass is 10.1. The lowest BCUT2D eigenvalue weighted by Crippen LogP contribution is -1.87. The molecule has 0 radical (unpaired) electrons. The molecule has 0 saturated carbocycles. The van der Waals surface area contributed by atoms with Gasteiger partial charge >= 0.3 is 0 Å². The second kappa shape index (κ2) is 5.44. The van der Waals surface area contributed by atoms with Crippen LogP contribution in [0.1, 0.15) is 0 Å². The third kappa shape index (κ3) is 2.45. The van der Waals surface area contributed by atoms with Gasteiger partial charge in [-0.2, -0.15) is 0 Å². The van der Waals surface area contributed by atoms with Crippen LogP contribution in [0.3, 0.4) is 0 Å². The Morgan fingerprint density at radius 2 is 1.59 bits per heavy atom. The molecule has 4 aromatic rings. The number of aromatic nitrogens is 2. The van der Waals surface area contributed by atoms with Crippen molar-refractivity contribution >= 4 is 32.1 Å². The first-order valence-electron chi connectivity index (χ1n) is 6.71. The first-order valence-corrected chi connectivity index (χ1v) is 8.34. The zero-order valence-corrected chi connectivity index (χ0v) is 13.0. The minimum atomic E-state index is 0.135. The number of nitrogens with zero attached hydrogens (tertiary/aromatic N) is 2. The van der Waals surface area contributed by atoms with Gasteiger partial charge in [-0.05, 0) is 35.9 Å². The van der Waals surface area contributed by atoms with E-state index in [1.807, 2.05) is 48.7 Å². The van der Waals surface area contributed by atoms with Crippen LogP contribution in [-0.2, 0) is 0 Å². The average molecular weight is 322 g/mol. The third-order valence-corrected chi connectivity index (χ3v) is 5.45. The van der Waals surface area contributed by atoms with Gasteiger partial charge in [-0.1, -0.05) is 40.9 Å². The molecule has 0 aliphatic rings. The van der Waals surface area contributed by atoms with E-state index in [1.54, 1.807) is 6.20 Å². The van der Waals surface area contributed by atoms with E-state index in [4.69, 9.17) is 0 Å². The molecule has 4 rings (SSSR count). The van der Waals surface area contributed by atoms with Gasteiger partial charge in [0.1, 0.15) is 0 Å². The number of hydrogen-bond acceptors (Lipinski definition) is 5. The normalized spacial score (nSPS) is 10.9. The standard InChI is InChI=1S/C17H10N2OS2/c20-17-21-15-7-5-11(9-16(15)22-17)12-4-6-14(19-10-12)13-3-1-2-8-18-13/h1-10H. The van der Waals surface area contributed by atoms with Crippen LogP contribution in [-0.4, -0.2) is 9.97 Å². The van der Waals surface area contributed by atoms with Gasteiger partial charge in [-0.3, -0.25) is 14.8 Å². The summed E-state index contributed by atoms with van der Waals surface area (Å²) in [6, 6.07) is 15.9. The van der Waals surface area contributed by atoms with Crippen LogP contribution in [0.15, 0.2) is 65.7 Å². The van der Waals surface area contributed by atoms with Gasteiger partial charge in [0.15, 0.2) is 0 Å².